The molecule has 0 saturated carbocycles. The van der Waals surface area contributed by atoms with Gasteiger partial charge >= 0.3 is 0 Å². The molecule has 0 atom stereocenters. The highest BCUT2D eigenvalue weighted by atomic mass is 16.3. The molecule has 0 aliphatic carbocycles. The molecule has 9 aromatic rings. The second-order valence-electron chi connectivity index (χ2n) is 12.2. The van der Waals surface area contributed by atoms with Gasteiger partial charge in [0.25, 0.3) is 0 Å². The summed E-state index contributed by atoms with van der Waals surface area (Å²) in [6.07, 6.45) is 0. The summed E-state index contributed by atoms with van der Waals surface area (Å²) in [7, 11) is 39.3. The number of benzene rings is 6. The minimum Gasteiger partial charge on any atom is -0.456 e. The van der Waals surface area contributed by atoms with Crippen LogP contribution in [0.25, 0.3) is 83.6 Å². The molecule has 12 radical (unpaired) electrons. The second-order valence-corrected chi connectivity index (χ2v) is 12.2. The molecule has 6 aromatic carbocycles. The predicted octanol–water partition coefficient (Wildman–Crippen LogP) is 2.63. The van der Waals surface area contributed by atoms with Crippen LogP contribution in [-0.2, 0) is 0 Å². The van der Waals surface area contributed by atoms with Crippen LogP contribution in [0.15, 0.2) is 114 Å². The van der Waals surface area contributed by atoms with E-state index in [1.54, 1.807) is 12.1 Å². The van der Waals surface area contributed by atoms with Crippen LogP contribution in [0.5, 0.6) is 0 Å². The molecule has 0 unspecified atom stereocenters. The van der Waals surface area contributed by atoms with E-state index in [0.29, 0.717) is 83.2 Å². The van der Waals surface area contributed by atoms with Gasteiger partial charge in [0.2, 0.25) is 0 Å². The molecular formula is C39H18B6N4O. The molecule has 3 aromatic heterocycles. The third-order valence-corrected chi connectivity index (χ3v) is 9.17. The van der Waals surface area contributed by atoms with Gasteiger partial charge in [-0.1, -0.05) is 101 Å². The zero-order chi connectivity index (χ0) is 34.3. The molecule has 0 amide bonds. The maximum absolute atomic E-state index is 6.71. The van der Waals surface area contributed by atoms with E-state index >= 15 is 0 Å². The lowest BCUT2D eigenvalue weighted by Crippen LogP contribution is -2.33. The van der Waals surface area contributed by atoms with E-state index in [4.69, 9.17) is 66.4 Å². The zero-order valence-electron chi connectivity index (χ0n) is 26.6. The molecule has 0 aliphatic rings. The lowest BCUT2D eigenvalue weighted by atomic mass is 9.71. The van der Waals surface area contributed by atoms with E-state index in [0.717, 1.165) is 33.2 Å². The van der Waals surface area contributed by atoms with Crippen molar-refractivity contribution in [1.82, 2.24) is 19.5 Å². The molecule has 0 fully saturated rings. The molecular weight excluding hydrogens is 605 g/mol. The summed E-state index contributed by atoms with van der Waals surface area (Å²) in [5.41, 5.74) is 7.94. The Morgan fingerprint density at radius 2 is 0.960 bits per heavy atom. The normalized spacial score (nSPS) is 11.7. The van der Waals surface area contributed by atoms with Gasteiger partial charge in [-0.2, -0.15) is 0 Å². The smallest absolute Gasteiger partial charge is 0.164 e. The van der Waals surface area contributed by atoms with Crippen molar-refractivity contribution < 1.29 is 4.42 Å². The molecule has 0 saturated heterocycles. The van der Waals surface area contributed by atoms with Crippen LogP contribution in [-0.4, -0.2) is 66.6 Å². The van der Waals surface area contributed by atoms with Crippen molar-refractivity contribution in [2.75, 3.05) is 0 Å². The number of aromatic nitrogens is 4. The van der Waals surface area contributed by atoms with Crippen molar-refractivity contribution in [2.24, 2.45) is 0 Å². The zero-order valence-corrected chi connectivity index (χ0v) is 26.6. The fourth-order valence-electron chi connectivity index (χ4n) is 6.87. The monoisotopic (exact) mass is 624 g/mol. The largest absolute Gasteiger partial charge is 0.456 e. The lowest BCUT2D eigenvalue weighted by Gasteiger charge is -2.15. The van der Waals surface area contributed by atoms with Crippen molar-refractivity contribution in [3.8, 4) is 39.9 Å². The summed E-state index contributed by atoms with van der Waals surface area (Å²) in [5, 5.41) is 2.79. The van der Waals surface area contributed by atoms with Crippen LogP contribution in [0.3, 0.4) is 0 Å². The third-order valence-electron chi connectivity index (χ3n) is 9.17. The molecule has 218 valence electrons. The van der Waals surface area contributed by atoms with Crippen molar-refractivity contribution in [2.45, 2.75) is 0 Å². The maximum atomic E-state index is 6.71. The van der Waals surface area contributed by atoms with Gasteiger partial charge in [0.1, 0.15) is 58.2 Å². The fraction of sp³-hybridized carbons (Fsp3) is 0. The van der Waals surface area contributed by atoms with E-state index in [9.17, 15) is 0 Å². The molecule has 5 nitrogen and oxygen atoms in total. The standard InChI is InChI=1S/C39H18B6N4O/c40-23-17-25(42)35-31(33(23)44)32-34(45)24(41)18-26(43)36(32)49(35)27-12-7-13-29-30(27)22-16-21(14-15-28(22)50-29)39-47-37(19-8-3-1-4-9-19)46-38(48-39)20-10-5-2-6-11-20/h1-18H. The van der Waals surface area contributed by atoms with Crippen molar-refractivity contribution in [3.05, 3.63) is 109 Å². The summed E-state index contributed by atoms with van der Waals surface area (Å²) < 4.78 is 8.39. The van der Waals surface area contributed by atoms with Gasteiger partial charge < -0.3 is 8.98 Å². The van der Waals surface area contributed by atoms with Crippen LogP contribution in [0, 0.1) is 0 Å². The van der Waals surface area contributed by atoms with Gasteiger partial charge in [-0.15, -0.1) is 10.9 Å². The Bertz CT molecular complexity index is 2700. The van der Waals surface area contributed by atoms with E-state index < -0.39 is 0 Å². The highest BCUT2D eigenvalue weighted by molar-refractivity contribution is 6.62. The average molecular weight is 623 g/mol. The Hall–Kier alpha value is -5.68. The number of fused-ring (bicyclic) bond motifs is 6. The summed E-state index contributed by atoms with van der Waals surface area (Å²) >= 11 is 0. The average Bonchev–Trinajstić information content (AvgIpc) is 3.71. The molecule has 9 rings (SSSR count). The molecule has 0 N–H and O–H groups in total. The lowest BCUT2D eigenvalue weighted by molar-refractivity contribution is 0.669. The fourth-order valence-corrected chi connectivity index (χ4v) is 6.87. The number of rotatable bonds is 4. The van der Waals surface area contributed by atoms with Crippen LogP contribution < -0.4 is 32.8 Å². The number of nitrogens with zero attached hydrogens (tertiary/aromatic N) is 4. The first kappa shape index (κ1) is 30.4. The molecule has 0 bridgehead atoms. The highest BCUT2D eigenvalue weighted by Gasteiger charge is 2.23. The van der Waals surface area contributed by atoms with E-state index in [-0.39, 0.29) is 0 Å². The number of hydrogen-bond donors (Lipinski definition) is 0. The van der Waals surface area contributed by atoms with Gasteiger partial charge in [-0.3, -0.25) is 0 Å². The molecule has 3 heterocycles. The maximum Gasteiger partial charge on any atom is 0.164 e. The van der Waals surface area contributed by atoms with Gasteiger partial charge in [-0.05, 0) is 41.1 Å². The molecule has 0 spiro atoms. The summed E-state index contributed by atoms with van der Waals surface area (Å²) in [4.78, 5) is 14.7. The second kappa shape index (κ2) is 11.4. The van der Waals surface area contributed by atoms with E-state index in [1.807, 2.05) is 102 Å². The van der Waals surface area contributed by atoms with Gasteiger partial charge in [-0.25, -0.2) is 15.0 Å². The Morgan fingerprint density at radius 1 is 0.440 bits per heavy atom. The Kier molecular flexibility index (Phi) is 6.96. The first-order valence-corrected chi connectivity index (χ1v) is 15.9. The predicted molar refractivity (Wildman–Crippen MR) is 210 cm³/mol. The topological polar surface area (TPSA) is 56.7 Å². The molecule has 0 aliphatic heterocycles. The van der Waals surface area contributed by atoms with Crippen LogP contribution in [0.4, 0.5) is 0 Å². The van der Waals surface area contributed by atoms with E-state index in [1.165, 1.54) is 0 Å². The summed E-state index contributed by atoms with van der Waals surface area (Å²) in [6, 6.07) is 34.7. The van der Waals surface area contributed by atoms with Crippen molar-refractivity contribution in [3.63, 3.8) is 0 Å². The van der Waals surface area contributed by atoms with Crippen LogP contribution >= 0.6 is 0 Å². The summed E-state index contributed by atoms with van der Waals surface area (Å²) in [5.74, 6) is 1.65. The van der Waals surface area contributed by atoms with Gasteiger partial charge in [0.15, 0.2) is 17.5 Å². The van der Waals surface area contributed by atoms with Gasteiger partial charge in [0, 0.05) is 33.1 Å². The van der Waals surface area contributed by atoms with Gasteiger partial charge in [0.05, 0.1) is 11.1 Å². The minimum atomic E-state index is 0.327. The third kappa shape index (κ3) is 4.60. The minimum absolute atomic E-state index is 0.327. The Balaban J connectivity index is 1.35. The van der Waals surface area contributed by atoms with Crippen molar-refractivity contribution >= 4 is 124 Å². The van der Waals surface area contributed by atoms with Crippen LogP contribution in [0.2, 0.25) is 0 Å². The van der Waals surface area contributed by atoms with E-state index in [2.05, 4.69) is 0 Å². The quantitative estimate of drug-likeness (QED) is 0.283. The SMILES string of the molecule is [B]c1cc([B])c2c(c1[B])c1c([B])c([B])cc([B])c1n2-c1cccc2oc3ccc(-c4nc(-c5ccccc5)nc(-c5ccccc5)n4)cc3c12. The highest BCUT2D eigenvalue weighted by Crippen LogP contribution is 2.38. The van der Waals surface area contributed by atoms with Crippen LogP contribution in [0.1, 0.15) is 0 Å². The number of hydrogen-bond acceptors (Lipinski definition) is 4. The summed E-state index contributed by atoms with van der Waals surface area (Å²) in [6.45, 7) is 0. The molecule has 11 heteroatoms. The molecule has 50 heavy (non-hydrogen) atoms. The number of furan rings is 1. The Morgan fingerprint density at radius 3 is 1.50 bits per heavy atom. The first-order chi connectivity index (χ1) is 24.3. The Labute approximate surface area is 295 Å². The van der Waals surface area contributed by atoms with Crippen molar-refractivity contribution in [1.29, 1.82) is 0 Å². The first-order valence-electron chi connectivity index (χ1n) is 15.9.